The summed E-state index contributed by atoms with van der Waals surface area (Å²) in [5.41, 5.74) is 0.659. The van der Waals surface area contributed by atoms with Gasteiger partial charge in [-0.15, -0.1) is 0 Å². The summed E-state index contributed by atoms with van der Waals surface area (Å²) in [6.45, 7) is 5.12. The number of amides is 1. The van der Waals surface area contributed by atoms with Crippen molar-refractivity contribution in [2.75, 3.05) is 20.2 Å². The number of likely N-dealkylation sites (tertiary alicyclic amines) is 1. The Morgan fingerprint density at radius 2 is 1.74 bits per heavy atom. The molecule has 1 fully saturated rings. The molecule has 0 aromatic heterocycles. The minimum atomic E-state index is -0.407. The molecule has 1 atom stereocenters. The number of ether oxygens (including phenoxy) is 1. The molecule has 0 saturated carbocycles. The van der Waals surface area contributed by atoms with Crippen LogP contribution in [0.3, 0.4) is 0 Å². The van der Waals surface area contributed by atoms with Crippen LogP contribution in [0.5, 0.6) is 0 Å². The molecule has 148 valence electrons. The summed E-state index contributed by atoms with van der Waals surface area (Å²) < 4.78 is 4.84. The SMILES string of the molecule is COC(=O)C(CC(=O)N1CCC(C(=O)c2ccc(Cl)cc2)CC1)CC(C)C. The zero-order chi connectivity index (χ0) is 20.0. The average Bonchev–Trinajstić information content (AvgIpc) is 2.66. The Kier molecular flexibility index (Phi) is 7.84. The normalized spacial score (nSPS) is 16.3. The molecule has 0 spiro atoms. The monoisotopic (exact) mass is 393 g/mol. The fraction of sp³-hybridized carbons (Fsp3) is 0.571. The zero-order valence-electron chi connectivity index (χ0n) is 16.2. The number of halogens is 1. The van der Waals surface area contributed by atoms with Crippen molar-refractivity contribution in [2.45, 2.75) is 39.5 Å². The van der Waals surface area contributed by atoms with Gasteiger partial charge in [-0.2, -0.15) is 0 Å². The second-order valence-corrected chi connectivity index (χ2v) is 8.02. The minimum absolute atomic E-state index is 0.0385. The van der Waals surface area contributed by atoms with E-state index in [4.69, 9.17) is 16.3 Å². The van der Waals surface area contributed by atoms with Crippen molar-refractivity contribution in [3.8, 4) is 0 Å². The first kappa shape index (κ1) is 21.4. The molecule has 1 amide bonds. The number of hydrogen-bond acceptors (Lipinski definition) is 4. The van der Waals surface area contributed by atoms with Crippen LogP contribution >= 0.6 is 11.6 Å². The zero-order valence-corrected chi connectivity index (χ0v) is 17.0. The first-order chi connectivity index (χ1) is 12.8. The minimum Gasteiger partial charge on any atom is -0.469 e. The number of ketones is 1. The van der Waals surface area contributed by atoms with Crippen LogP contribution in [0.1, 0.15) is 49.9 Å². The maximum absolute atomic E-state index is 12.6. The van der Waals surface area contributed by atoms with Gasteiger partial charge in [0.15, 0.2) is 5.78 Å². The molecule has 5 nitrogen and oxygen atoms in total. The number of carbonyl (C=O) groups is 3. The second-order valence-electron chi connectivity index (χ2n) is 7.58. The number of carbonyl (C=O) groups excluding carboxylic acids is 3. The summed E-state index contributed by atoms with van der Waals surface area (Å²) in [5, 5.41) is 0.605. The van der Waals surface area contributed by atoms with E-state index < -0.39 is 5.92 Å². The lowest BCUT2D eigenvalue weighted by Gasteiger charge is -2.32. The van der Waals surface area contributed by atoms with E-state index in [1.54, 1.807) is 29.2 Å². The van der Waals surface area contributed by atoms with Crippen molar-refractivity contribution in [3.63, 3.8) is 0 Å². The van der Waals surface area contributed by atoms with Crippen molar-refractivity contribution < 1.29 is 19.1 Å². The van der Waals surface area contributed by atoms with Crippen LogP contribution in [0.2, 0.25) is 5.02 Å². The van der Waals surface area contributed by atoms with Crippen LogP contribution in [0.25, 0.3) is 0 Å². The molecule has 6 heteroatoms. The molecule has 1 aliphatic rings. The van der Waals surface area contributed by atoms with Gasteiger partial charge in [0.1, 0.15) is 0 Å². The van der Waals surface area contributed by atoms with Crippen LogP contribution in [0.15, 0.2) is 24.3 Å². The van der Waals surface area contributed by atoms with Crippen molar-refractivity contribution in [1.82, 2.24) is 4.90 Å². The molecule has 0 N–H and O–H groups in total. The highest BCUT2D eigenvalue weighted by Crippen LogP contribution is 2.25. The van der Waals surface area contributed by atoms with E-state index in [-0.39, 0.29) is 30.0 Å². The Balaban J connectivity index is 1.90. The number of piperidine rings is 1. The van der Waals surface area contributed by atoms with Crippen LogP contribution in [-0.2, 0) is 14.3 Å². The third-order valence-electron chi connectivity index (χ3n) is 5.06. The van der Waals surface area contributed by atoms with Gasteiger partial charge in [-0.05, 0) is 49.4 Å². The van der Waals surface area contributed by atoms with Gasteiger partial charge < -0.3 is 9.64 Å². The van der Waals surface area contributed by atoms with Gasteiger partial charge in [0.2, 0.25) is 5.91 Å². The predicted molar refractivity (Wildman–Crippen MR) is 105 cm³/mol. The molecule has 1 saturated heterocycles. The topological polar surface area (TPSA) is 63.7 Å². The number of nitrogens with zero attached hydrogens (tertiary/aromatic N) is 1. The maximum Gasteiger partial charge on any atom is 0.309 e. The van der Waals surface area contributed by atoms with Gasteiger partial charge in [0.25, 0.3) is 0 Å². The number of rotatable bonds is 7. The molecule has 0 bridgehead atoms. The van der Waals surface area contributed by atoms with Gasteiger partial charge in [-0.1, -0.05) is 25.4 Å². The summed E-state index contributed by atoms with van der Waals surface area (Å²) in [5.74, 6) is -0.442. The lowest BCUT2D eigenvalue weighted by atomic mass is 9.88. The molecular weight excluding hydrogens is 366 g/mol. The maximum atomic E-state index is 12.6. The van der Waals surface area contributed by atoms with Gasteiger partial charge in [0.05, 0.1) is 13.0 Å². The van der Waals surface area contributed by atoms with Crippen molar-refractivity contribution >= 4 is 29.3 Å². The van der Waals surface area contributed by atoms with E-state index >= 15 is 0 Å². The number of methoxy groups -OCH3 is 1. The molecule has 27 heavy (non-hydrogen) atoms. The first-order valence-electron chi connectivity index (χ1n) is 9.47. The number of Topliss-reactive ketones (excluding diaryl/α,β-unsaturated/α-hetero) is 1. The number of esters is 1. The molecule has 1 aromatic carbocycles. The third-order valence-corrected chi connectivity index (χ3v) is 5.31. The summed E-state index contributed by atoms with van der Waals surface area (Å²) in [4.78, 5) is 38.9. The third kappa shape index (κ3) is 6.06. The summed E-state index contributed by atoms with van der Waals surface area (Å²) in [6.07, 6.45) is 2.07. The molecule has 2 rings (SSSR count). The van der Waals surface area contributed by atoms with Crippen LogP contribution in [0.4, 0.5) is 0 Å². The molecule has 0 aliphatic carbocycles. The van der Waals surface area contributed by atoms with Gasteiger partial charge in [-0.3, -0.25) is 14.4 Å². The predicted octanol–water partition coefficient (Wildman–Crippen LogP) is 3.99. The lowest BCUT2D eigenvalue weighted by molar-refractivity contribution is -0.149. The summed E-state index contributed by atoms with van der Waals surface area (Å²) >= 11 is 5.87. The van der Waals surface area contributed by atoms with Gasteiger partial charge in [-0.25, -0.2) is 0 Å². The Morgan fingerprint density at radius 1 is 1.15 bits per heavy atom. The van der Waals surface area contributed by atoms with E-state index in [2.05, 4.69) is 0 Å². The fourth-order valence-electron chi connectivity index (χ4n) is 3.58. The van der Waals surface area contributed by atoms with Gasteiger partial charge >= 0.3 is 5.97 Å². The first-order valence-corrected chi connectivity index (χ1v) is 9.85. The van der Waals surface area contributed by atoms with Crippen molar-refractivity contribution in [1.29, 1.82) is 0 Å². The van der Waals surface area contributed by atoms with Gasteiger partial charge in [0, 0.05) is 36.0 Å². The molecule has 1 aliphatic heterocycles. The van der Waals surface area contributed by atoms with Crippen LogP contribution in [0, 0.1) is 17.8 Å². The van der Waals surface area contributed by atoms with E-state index in [1.165, 1.54) is 7.11 Å². The largest absolute Gasteiger partial charge is 0.469 e. The average molecular weight is 394 g/mol. The van der Waals surface area contributed by atoms with Crippen LogP contribution < -0.4 is 0 Å². The highest BCUT2D eigenvalue weighted by Gasteiger charge is 2.31. The highest BCUT2D eigenvalue weighted by molar-refractivity contribution is 6.30. The Hall–Kier alpha value is -1.88. The Bertz CT molecular complexity index is 663. The quantitative estimate of drug-likeness (QED) is 0.519. The molecular formula is C21H28ClNO4. The lowest BCUT2D eigenvalue weighted by Crippen LogP contribution is -2.41. The number of hydrogen-bond donors (Lipinski definition) is 0. The fourth-order valence-corrected chi connectivity index (χ4v) is 3.71. The van der Waals surface area contributed by atoms with E-state index in [9.17, 15) is 14.4 Å². The Morgan fingerprint density at radius 3 is 2.26 bits per heavy atom. The molecule has 1 aromatic rings. The molecule has 0 radical (unpaired) electrons. The Labute approximate surface area is 166 Å². The van der Waals surface area contributed by atoms with E-state index in [1.807, 2.05) is 13.8 Å². The van der Waals surface area contributed by atoms with E-state index in [0.29, 0.717) is 48.9 Å². The molecule has 1 heterocycles. The van der Waals surface area contributed by atoms with Crippen LogP contribution in [-0.4, -0.2) is 42.8 Å². The number of benzene rings is 1. The highest BCUT2D eigenvalue weighted by atomic mass is 35.5. The van der Waals surface area contributed by atoms with Crippen molar-refractivity contribution in [3.05, 3.63) is 34.9 Å². The smallest absolute Gasteiger partial charge is 0.309 e. The summed E-state index contributed by atoms with van der Waals surface area (Å²) in [6, 6.07) is 6.92. The van der Waals surface area contributed by atoms with Crippen molar-refractivity contribution in [2.24, 2.45) is 17.8 Å². The van der Waals surface area contributed by atoms with E-state index in [0.717, 1.165) is 0 Å². The standard InChI is InChI=1S/C21H28ClNO4/c1-14(2)12-17(21(26)27-3)13-19(24)23-10-8-16(9-11-23)20(25)15-4-6-18(22)7-5-15/h4-7,14,16-17H,8-13H2,1-3H3. The molecule has 1 unspecified atom stereocenters. The second kappa shape index (κ2) is 9.88. The summed E-state index contributed by atoms with van der Waals surface area (Å²) in [7, 11) is 1.36.